The van der Waals surface area contributed by atoms with E-state index < -0.39 is 0 Å². The largest absolute Gasteiger partial charge is 0.496 e. The summed E-state index contributed by atoms with van der Waals surface area (Å²) in [5, 5.41) is 0. The average molecular weight is 204 g/mol. The van der Waals surface area contributed by atoms with Crippen molar-refractivity contribution >= 4 is 11.9 Å². The summed E-state index contributed by atoms with van der Waals surface area (Å²) in [5.74, 6) is 1.32. The molecular weight excluding hydrogens is 192 g/mol. The Bertz CT molecular complexity index is 458. The molecule has 1 aliphatic rings. The molecule has 1 aromatic carbocycles. The molecule has 0 aromatic heterocycles. The lowest BCUT2D eigenvalue weighted by molar-refractivity contribution is 0.103. The first-order chi connectivity index (χ1) is 7.19. The number of carbonyl (C=O) groups is 1. The molecule has 1 aromatic rings. The lowest BCUT2D eigenvalue weighted by Crippen LogP contribution is -2.01. The number of methoxy groups -OCH3 is 2. The average Bonchev–Trinajstić information content (AvgIpc) is 2.55. The van der Waals surface area contributed by atoms with Gasteiger partial charge in [0.15, 0.2) is 5.78 Å². The molecule has 0 heterocycles. The number of carbonyl (C=O) groups excluding carboxylic acids is 1. The molecule has 0 bridgehead atoms. The molecule has 0 saturated carbocycles. The highest BCUT2D eigenvalue weighted by molar-refractivity contribution is 6.19. The number of rotatable bonds is 2. The number of benzene rings is 1. The van der Waals surface area contributed by atoms with E-state index in [1.54, 1.807) is 33.3 Å². The molecule has 0 aliphatic heterocycles. The predicted octanol–water partition coefficient (Wildman–Crippen LogP) is 2.30. The van der Waals surface area contributed by atoms with Gasteiger partial charge < -0.3 is 9.47 Å². The summed E-state index contributed by atoms with van der Waals surface area (Å²) >= 11 is 0. The number of hydrogen-bond donors (Lipinski definition) is 0. The molecule has 0 saturated heterocycles. The lowest BCUT2D eigenvalue weighted by atomic mass is 10.1. The van der Waals surface area contributed by atoms with Crippen LogP contribution < -0.4 is 9.47 Å². The van der Waals surface area contributed by atoms with Crippen LogP contribution in [0.25, 0.3) is 6.08 Å². The van der Waals surface area contributed by atoms with Crippen molar-refractivity contribution < 1.29 is 14.3 Å². The maximum absolute atomic E-state index is 11.8. The van der Waals surface area contributed by atoms with Gasteiger partial charge in [0.1, 0.15) is 11.5 Å². The molecule has 0 amide bonds. The van der Waals surface area contributed by atoms with E-state index in [0.29, 0.717) is 22.6 Å². The predicted molar refractivity (Wildman–Crippen MR) is 57.5 cm³/mol. The number of ketones is 1. The summed E-state index contributed by atoms with van der Waals surface area (Å²) in [6, 6.07) is 3.56. The number of fused-ring (bicyclic) bond motifs is 1. The highest BCUT2D eigenvalue weighted by Gasteiger charge is 2.26. The van der Waals surface area contributed by atoms with Crippen molar-refractivity contribution in [3.8, 4) is 11.5 Å². The zero-order valence-corrected chi connectivity index (χ0v) is 8.96. The van der Waals surface area contributed by atoms with E-state index >= 15 is 0 Å². The van der Waals surface area contributed by atoms with Crippen LogP contribution in [-0.2, 0) is 0 Å². The second kappa shape index (κ2) is 3.42. The monoisotopic (exact) mass is 204 g/mol. The third kappa shape index (κ3) is 1.31. The van der Waals surface area contributed by atoms with Gasteiger partial charge in [-0.15, -0.1) is 0 Å². The molecule has 0 unspecified atom stereocenters. The van der Waals surface area contributed by atoms with E-state index in [1.807, 2.05) is 6.08 Å². The summed E-state index contributed by atoms with van der Waals surface area (Å²) in [4.78, 5) is 11.8. The summed E-state index contributed by atoms with van der Waals surface area (Å²) in [5.41, 5.74) is 2.14. The minimum Gasteiger partial charge on any atom is -0.496 e. The second-order valence-corrected chi connectivity index (χ2v) is 3.42. The first kappa shape index (κ1) is 9.77. The van der Waals surface area contributed by atoms with Gasteiger partial charge in [-0.3, -0.25) is 4.79 Å². The Balaban J connectivity index is 2.69. The van der Waals surface area contributed by atoms with E-state index in [9.17, 15) is 4.79 Å². The van der Waals surface area contributed by atoms with Crippen LogP contribution in [0, 0.1) is 0 Å². The molecule has 2 rings (SSSR count). The van der Waals surface area contributed by atoms with Gasteiger partial charge in [-0.25, -0.2) is 0 Å². The Morgan fingerprint density at radius 3 is 2.27 bits per heavy atom. The molecule has 3 heteroatoms. The van der Waals surface area contributed by atoms with Crippen molar-refractivity contribution in [1.82, 2.24) is 0 Å². The van der Waals surface area contributed by atoms with Crippen LogP contribution in [0.4, 0.5) is 0 Å². The number of Topliss-reactive ketones (excluding diaryl/α,β-unsaturated/α-hetero) is 1. The summed E-state index contributed by atoms with van der Waals surface area (Å²) in [7, 11) is 3.15. The van der Waals surface area contributed by atoms with E-state index in [4.69, 9.17) is 9.47 Å². The van der Waals surface area contributed by atoms with Crippen LogP contribution in [0.1, 0.15) is 22.8 Å². The molecule has 0 N–H and O–H groups in total. The maximum atomic E-state index is 11.8. The maximum Gasteiger partial charge on any atom is 0.193 e. The van der Waals surface area contributed by atoms with Crippen molar-refractivity contribution in [3.05, 3.63) is 28.8 Å². The van der Waals surface area contributed by atoms with Crippen molar-refractivity contribution in [2.24, 2.45) is 0 Å². The highest BCUT2D eigenvalue weighted by atomic mass is 16.5. The fourth-order valence-corrected chi connectivity index (χ4v) is 1.79. The Labute approximate surface area is 88.3 Å². The fourth-order valence-electron chi connectivity index (χ4n) is 1.79. The van der Waals surface area contributed by atoms with Crippen LogP contribution >= 0.6 is 0 Å². The minimum atomic E-state index is 0.0146. The molecule has 1 aliphatic carbocycles. The van der Waals surface area contributed by atoms with Crippen LogP contribution in [-0.4, -0.2) is 20.0 Å². The lowest BCUT2D eigenvalue weighted by Gasteiger charge is -2.09. The Kier molecular flexibility index (Phi) is 2.23. The van der Waals surface area contributed by atoms with Gasteiger partial charge in [-0.05, 0) is 30.7 Å². The van der Waals surface area contributed by atoms with Gasteiger partial charge in [0, 0.05) is 5.56 Å². The molecule has 0 fully saturated rings. The normalized spacial score (nSPS) is 13.5. The van der Waals surface area contributed by atoms with Crippen molar-refractivity contribution in [1.29, 1.82) is 0 Å². The first-order valence-electron chi connectivity index (χ1n) is 4.67. The summed E-state index contributed by atoms with van der Waals surface area (Å²) < 4.78 is 10.4. The highest BCUT2D eigenvalue weighted by Crippen LogP contribution is 2.38. The number of allylic oxidation sites excluding steroid dienone is 1. The third-order valence-corrected chi connectivity index (χ3v) is 2.55. The summed E-state index contributed by atoms with van der Waals surface area (Å²) in [6.07, 6.45) is 1.83. The molecular formula is C12H12O3. The number of hydrogen-bond acceptors (Lipinski definition) is 3. The van der Waals surface area contributed by atoms with E-state index in [0.717, 1.165) is 5.56 Å². The van der Waals surface area contributed by atoms with E-state index in [1.165, 1.54) is 0 Å². The van der Waals surface area contributed by atoms with Gasteiger partial charge in [0.25, 0.3) is 0 Å². The number of ether oxygens (including phenoxy) is 2. The van der Waals surface area contributed by atoms with Gasteiger partial charge in [-0.2, -0.15) is 0 Å². The molecule has 78 valence electrons. The zero-order valence-electron chi connectivity index (χ0n) is 8.96. The zero-order chi connectivity index (χ0) is 11.0. The van der Waals surface area contributed by atoms with Gasteiger partial charge >= 0.3 is 0 Å². The third-order valence-electron chi connectivity index (χ3n) is 2.55. The van der Waals surface area contributed by atoms with E-state index in [-0.39, 0.29) is 5.78 Å². The Hall–Kier alpha value is -1.77. The van der Waals surface area contributed by atoms with E-state index in [2.05, 4.69) is 0 Å². The smallest absolute Gasteiger partial charge is 0.193 e. The van der Waals surface area contributed by atoms with Crippen molar-refractivity contribution in [2.75, 3.05) is 14.2 Å². The van der Waals surface area contributed by atoms with Crippen LogP contribution in [0.5, 0.6) is 11.5 Å². The van der Waals surface area contributed by atoms with Gasteiger partial charge in [0.05, 0.1) is 19.8 Å². The SMILES string of the molecule is COc1ccc(OC)c2c1C=C(C)C2=O. The molecule has 0 spiro atoms. The molecule has 15 heavy (non-hydrogen) atoms. The van der Waals surface area contributed by atoms with Crippen LogP contribution in [0.15, 0.2) is 17.7 Å². The van der Waals surface area contributed by atoms with Crippen molar-refractivity contribution in [3.63, 3.8) is 0 Å². The van der Waals surface area contributed by atoms with Gasteiger partial charge in [0.2, 0.25) is 0 Å². The van der Waals surface area contributed by atoms with Crippen LogP contribution in [0.2, 0.25) is 0 Å². The minimum absolute atomic E-state index is 0.0146. The Morgan fingerprint density at radius 1 is 1.07 bits per heavy atom. The second-order valence-electron chi connectivity index (χ2n) is 3.42. The van der Waals surface area contributed by atoms with Crippen LogP contribution in [0.3, 0.4) is 0 Å². The first-order valence-corrected chi connectivity index (χ1v) is 4.67. The van der Waals surface area contributed by atoms with Gasteiger partial charge in [-0.1, -0.05) is 0 Å². The van der Waals surface area contributed by atoms with Crippen molar-refractivity contribution in [2.45, 2.75) is 6.92 Å². The summed E-state index contributed by atoms with van der Waals surface area (Å²) in [6.45, 7) is 1.79. The quantitative estimate of drug-likeness (QED) is 0.741. The molecule has 3 nitrogen and oxygen atoms in total. The topological polar surface area (TPSA) is 35.5 Å². The molecule has 0 atom stereocenters. The Morgan fingerprint density at radius 2 is 1.67 bits per heavy atom. The standard InChI is InChI=1S/C12H12O3/c1-7-6-8-9(14-2)4-5-10(15-3)11(8)12(7)13/h4-6H,1-3H3. The molecule has 0 radical (unpaired) electrons. The fraction of sp³-hybridized carbons (Fsp3) is 0.250.